The fraction of sp³-hybridized carbons (Fsp3) is 0.689. The summed E-state index contributed by atoms with van der Waals surface area (Å²) in [6.45, 7) is 6.32. The van der Waals surface area contributed by atoms with E-state index in [-0.39, 0.29) is 31.6 Å². The van der Waals surface area contributed by atoms with Crippen molar-refractivity contribution >= 4 is 17.9 Å². The van der Waals surface area contributed by atoms with E-state index in [2.05, 4.69) is 106 Å². The molecular weight excluding hydrogens is 829 g/mol. The van der Waals surface area contributed by atoms with Crippen LogP contribution >= 0.6 is 0 Å². The summed E-state index contributed by atoms with van der Waals surface area (Å²) in [5, 5.41) is 0. The van der Waals surface area contributed by atoms with Crippen LogP contribution < -0.4 is 0 Å². The Kier molecular flexibility index (Phi) is 51.9. The SMILES string of the molecule is CC/C=C\C/C=C\C/C=C\C/C=C\CCC(=O)OC(COC(=O)CCCCC/C=C\C/C=C\C/C=C\CC)COC(=O)CCCCCCCCCCCCC/C=C\CCCCCCCCCC. The van der Waals surface area contributed by atoms with Crippen molar-refractivity contribution in [2.24, 2.45) is 0 Å². The van der Waals surface area contributed by atoms with E-state index in [0.29, 0.717) is 19.3 Å². The molecule has 0 heterocycles. The van der Waals surface area contributed by atoms with E-state index in [1.54, 1.807) is 0 Å². The fourth-order valence-electron chi connectivity index (χ4n) is 7.46. The molecule has 6 heteroatoms. The topological polar surface area (TPSA) is 78.9 Å². The molecule has 382 valence electrons. The molecular formula is C61H102O6. The zero-order valence-corrected chi connectivity index (χ0v) is 43.6. The normalized spacial score (nSPS) is 12.8. The van der Waals surface area contributed by atoms with Crippen molar-refractivity contribution in [3.63, 3.8) is 0 Å². The van der Waals surface area contributed by atoms with Crippen molar-refractivity contribution in [2.45, 2.75) is 258 Å². The maximum absolute atomic E-state index is 12.8. The van der Waals surface area contributed by atoms with E-state index in [1.807, 2.05) is 12.2 Å². The molecule has 0 fully saturated rings. The summed E-state index contributed by atoms with van der Waals surface area (Å²) in [6.07, 6.45) is 72.8. The number of rotatable bonds is 49. The van der Waals surface area contributed by atoms with Gasteiger partial charge in [0.05, 0.1) is 0 Å². The molecule has 0 saturated heterocycles. The number of esters is 3. The first-order valence-electron chi connectivity index (χ1n) is 27.7. The van der Waals surface area contributed by atoms with E-state index in [0.717, 1.165) is 89.9 Å². The van der Waals surface area contributed by atoms with E-state index in [4.69, 9.17) is 14.2 Å². The summed E-state index contributed by atoms with van der Waals surface area (Å²) in [7, 11) is 0. The third-order valence-electron chi connectivity index (χ3n) is 11.6. The smallest absolute Gasteiger partial charge is 0.306 e. The summed E-state index contributed by atoms with van der Waals surface area (Å²) < 4.78 is 16.7. The zero-order chi connectivity index (χ0) is 48.6. The maximum atomic E-state index is 12.8. The van der Waals surface area contributed by atoms with Gasteiger partial charge >= 0.3 is 17.9 Å². The van der Waals surface area contributed by atoms with Gasteiger partial charge in [-0.1, -0.05) is 227 Å². The van der Waals surface area contributed by atoms with Crippen molar-refractivity contribution in [3.8, 4) is 0 Å². The lowest BCUT2D eigenvalue weighted by Crippen LogP contribution is -2.30. The van der Waals surface area contributed by atoms with Gasteiger partial charge in [-0.15, -0.1) is 0 Å². The molecule has 0 bridgehead atoms. The molecule has 0 aromatic rings. The minimum Gasteiger partial charge on any atom is -0.462 e. The summed E-state index contributed by atoms with van der Waals surface area (Å²) in [4.78, 5) is 38.0. The van der Waals surface area contributed by atoms with Crippen LogP contribution in [0.1, 0.15) is 252 Å². The lowest BCUT2D eigenvalue weighted by molar-refractivity contribution is -0.166. The van der Waals surface area contributed by atoms with Gasteiger partial charge in [-0.2, -0.15) is 0 Å². The maximum Gasteiger partial charge on any atom is 0.306 e. The monoisotopic (exact) mass is 931 g/mol. The van der Waals surface area contributed by atoms with E-state index >= 15 is 0 Å². The van der Waals surface area contributed by atoms with Gasteiger partial charge in [0.15, 0.2) is 6.10 Å². The van der Waals surface area contributed by atoms with Gasteiger partial charge in [0.25, 0.3) is 0 Å². The molecule has 1 atom stereocenters. The van der Waals surface area contributed by atoms with Crippen LogP contribution in [0.4, 0.5) is 0 Å². The number of allylic oxidation sites excluding steroid dienone is 16. The molecule has 0 aromatic carbocycles. The van der Waals surface area contributed by atoms with Gasteiger partial charge in [0, 0.05) is 19.3 Å². The van der Waals surface area contributed by atoms with Gasteiger partial charge in [0.1, 0.15) is 13.2 Å². The van der Waals surface area contributed by atoms with Gasteiger partial charge in [-0.3, -0.25) is 14.4 Å². The molecule has 0 N–H and O–H groups in total. The van der Waals surface area contributed by atoms with Crippen LogP contribution in [-0.4, -0.2) is 37.2 Å². The highest BCUT2D eigenvalue weighted by atomic mass is 16.6. The molecule has 0 aromatic heterocycles. The van der Waals surface area contributed by atoms with Crippen LogP contribution in [0.5, 0.6) is 0 Å². The van der Waals surface area contributed by atoms with Gasteiger partial charge in [-0.05, 0) is 103 Å². The molecule has 0 aliphatic heterocycles. The van der Waals surface area contributed by atoms with Gasteiger partial charge in [0.2, 0.25) is 0 Å². The van der Waals surface area contributed by atoms with Crippen molar-refractivity contribution < 1.29 is 28.6 Å². The Morgan fingerprint density at radius 2 is 0.612 bits per heavy atom. The predicted molar refractivity (Wildman–Crippen MR) is 288 cm³/mol. The lowest BCUT2D eigenvalue weighted by Gasteiger charge is -2.18. The highest BCUT2D eigenvalue weighted by Gasteiger charge is 2.19. The Morgan fingerprint density at radius 1 is 0.313 bits per heavy atom. The first-order chi connectivity index (χ1) is 33.0. The van der Waals surface area contributed by atoms with Crippen LogP contribution in [0.3, 0.4) is 0 Å². The minimum absolute atomic E-state index is 0.116. The van der Waals surface area contributed by atoms with Crippen molar-refractivity contribution in [2.75, 3.05) is 13.2 Å². The number of hydrogen-bond acceptors (Lipinski definition) is 6. The van der Waals surface area contributed by atoms with Gasteiger partial charge in [-0.25, -0.2) is 0 Å². The number of carbonyl (C=O) groups excluding carboxylic acids is 3. The quantitative estimate of drug-likeness (QED) is 0.0262. The van der Waals surface area contributed by atoms with Crippen LogP contribution in [-0.2, 0) is 28.6 Å². The third-order valence-corrected chi connectivity index (χ3v) is 11.6. The zero-order valence-electron chi connectivity index (χ0n) is 43.6. The molecule has 0 rings (SSSR count). The number of hydrogen-bond donors (Lipinski definition) is 0. The fourth-order valence-corrected chi connectivity index (χ4v) is 7.46. The summed E-state index contributed by atoms with van der Waals surface area (Å²) in [5.41, 5.74) is 0. The first kappa shape index (κ1) is 63.3. The van der Waals surface area contributed by atoms with Crippen LogP contribution in [0.2, 0.25) is 0 Å². The summed E-state index contributed by atoms with van der Waals surface area (Å²) in [5.74, 6) is -1.03. The number of carbonyl (C=O) groups is 3. The van der Waals surface area contributed by atoms with Crippen LogP contribution in [0.15, 0.2) is 97.2 Å². The second kappa shape index (κ2) is 54.9. The molecule has 0 saturated carbocycles. The molecule has 0 spiro atoms. The minimum atomic E-state index is -0.828. The van der Waals surface area contributed by atoms with Crippen molar-refractivity contribution in [1.82, 2.24) is 0 Å². The summed E-state index contributed by atoms with van der Waals surface area (Å²) in [6, 6.07) is 0. The molecule has 0 aliphatic rings. The molecule has 67 heavy (non-hydrogen) atoms. The average Bonchev–Trinajstić information content (AvgIpc) is 3.33. The summed E-state index contributed by atoms with van der Waals surface area (Å²) >= 11 is 0. The lowest BCUT2D eigenvalue weighted by atomic mass is 10.0. The first-order valence-corrected chi connectivity index (χ1v) is 27.7. The van der Waals surface area contributed by atoms with Crippen LogP contribution in [0.25, 0.3) is 0 Å². The second-order valence-electron chi connectivity index (χ2n) is 18.1. The Labute approximate surface area is 413 Å². The molecule has 1 unspecified atom stereocenters. The van der Waals surface area contributed by atoms with E-state index < -0.39 is 12.1 Å². The van der Waals surface area contributed by atoms with Gasteiger partial charge < -0.3 is 14.2 Å². The number of unbranched alkanes of at least 4 members (excludes halogenated alkanes) is 22. The molecule has 0 radical (unpaired) electrons. The molecule has 0 aliphatic carbocycles. The largest absolute Gasteiger partial charge is 0.462 e. The van der Waals surface area contributed by atoms with E-state index in [1.165, 1.54) is 116 Å². The highest BCUT2D eigenvalue weighted by Crippen LogP contribution is 2.15. The number of ether oxygens (including phenoxy) is 3. The predicted octanol–water partition coefficient (Wildman–Crippen LogP) is 18.5. The highest BCUT2D eigenvalue weighted by molar-refractivity contribution is 5.71. The Bertz CT molecular complexity index is 1350. The molecule has 6 nitrogen and oxygen atoms in total. The Morgan fingerprint density at radius 3 is 1.00 bits per heavy atom. The average molecular weight is 931 g/mol. The van der Waals surface area contributed by atoms with E-state index in [9.17, 15) is 14.4 Å². The van der Waals surface area contributed by atoms with Crippen molar-refractivity contribution in [3.05, 3.63) is 97.2 Å². The van der Waals surface area contributed by atoms with Crippen LogP contribution in [0, 0.1) is 0 Å². The van der Waals surface area contributed by atoms with Crippen molar-refractivity contribution in [1.29, 1.82) is 0 Å². The second-order valence-corrected chi connectivity index (χ2v) is 18.1. The third kappa shape index (κ3) is 53.2. The molecule has 0 amide bonds. The Hall–Kier alpha value is -3.67. The Balaban J connectivity index is 4.37. The standard InChI is InChI=1S/C61H102O6/c1-4-7-10-13-16-19-22-25-26-27-28-29-30-31-32-33-34-37-39-42-45-48-51-54-60(63)66-57-58(67-61(64)55-52-49-46-43-40-36-24-21-18-15-12-9-6-3)56-65-59(62)53-50-47-44-41-38-35-23-20-17-14-11-8-5-2/h8-9,11-12,17-18,20-21,27-28,35-36,38,40,46,49,58H,4-7,10,13-16,19,22-26,29-34,37,39,41-45,47-48,50-57H2,1-3H3/b11-8-,12-9-,20-17-,21-18-,28-27-,38-35-,40-36-,49-46-.